The minimum Gasteiger partial charge on any atom is -0.490 e. The van der Waals surface area contributed by atoms with E-state index in [0.29, 0.717) is 25.5 Å². The number of hydrogen-bond donors (Lipinski definition) is 1. The molecule has 1 aromatic carbocycles. The third-order valence-electron chi connectivity index (χ3n) is 3.13. The Hall–Kier alpha value is -1.81. The summed E-state index contributed by atoms with van der Waals surface area (Å²) in [4.78, 5) is 13.8. The Kier molecular flexibility index (Phi) is 6.96. The lowest BCUT2D eigenvalue weighted by Crippen LogP contribution is -2.42. The van der Waals surface area contributed by atoms with E-state index in [9.17, 15) is 4.79 Å². The molecule has 0 aliphatic rings. The number of carbonyl (C=O) groups is 1. The van der Waals surface area contributed by atoms with Crippen LogP contribution in [-0.2, 0) is 11.3 Å². The average Bonchev–Trinajstić information content (AvgIpc) is 2.45. The highest BCUT2D eigenvalue weighted by molar-refractivity contribution is 5.81. The van der Waals surface area contributed by atoms with Gasteiger partial charge in [0.05, 0.1) is 6.04 Å². The van der Waals surface area contributed by atoms with Crippen LogP contribution in [0.25, 0.3) is 0 Å². The third kappa shape index (κ3) is 6.00. The number of likely N-dealkylation sites (N-methyl/N-ethyl adjacent to an activating group) is 1. The molecule has 0 aromatic heterocycles. The molecule has 116 valence electrons. The van der Waals surface area contributed by atoms with Crippen molar-refractivity contribution in [1.29, 1.82) is 0 Å². The number of carbonyl (C=O) groups excluding carboxylic acids is 1. The Morgan fingerprint density at radius 3 is 2.52 bits per heavy atom. The maximum atomic E-state index is 12.2. The summed E-state index contributed by atoms with van der Waals surface area (Å²) < 4.78 is 5.43. The fourth-order valence-electron chi connectivity index (χ4n) is 2.09. The number of amides is 1. The molecule has 0 radical (unpaired) electrons. The Labute approximate surface area is 127 Å². The van der Waals surface area contributed by atoms with E-state index in [4.69, 9.17) is 10.5 Å². The van der Waals surface area contributed by atoms with E-state index in [1.807, 2.05) is 24.3 Å². The van der Waals surface area contributed by atoms with Crippen LogP contribution < -0.4 is 10.5 Å². The fraction of sp³-hybridized carbons (Fsp3) is 0.471. The normalized spacial score (nSPS) is 12.0. The standard InChI is InChI=1S/C17H26N2O2/c1-5-10-21-15-8-6-14(7-9-15)12-19(4)17(20)16(18)11-13(2)3/h5-9,13,16H,1,10-12,18H2,2-4H3. The molecule has 0 aliphatic carbocycles. The summed E-state index contributed by atoms with van der Waals surface area (Å²) >= 11 is 0. The van der Waals surface area contributed by atoms with Crippen molar-refractivity contribution in [1.82, 2.24) is 4.90 Å². The van der Waals surface area contributed by atoms with Crippen molar-refractivity contribution in [2.24, 2.45) is 11.7 Å². The molecule has 1 unspecified atom stereocenters. The maximum absolute atomic E-state index is 12.2. The zero-order valence-electron chi connectivity index (χ0n) is 13.2. The smallest absolute Gasteiger partial charge is 0.239 e. The number of benzene rings is 1. The Bertz CT molecular complexity index is 454. The molecule has 1 atom stereocenters. The predicted octanol–water partition coefficient (Wildman–Crippen LogP) is 2.58. The van der Waals surface area contributed by atoms with Gasteiger partial charge in [-0.1, -0.05) is 38.6 Å². The first-order valence-corrected chi connectivity index (χ1v) is 7.27. The second-order valence-electron chi connectivity index (χ2n) is 5.67. The van der Waals surface area contributed by atoms with Crippen LogP contribution in [0.3, 0.4) is 0 Å². The van der Waals surface area contributed by atoms with Gasteiger partial charge in [0.25, 0.3) is 0 Å². The maximum Gasteiger partial charge on any atom is 0.239 e. The van der Waals surface area contributed by atoms with Crippen molar-refractivity contribution >= 4 is 5.91 Å². The zero-order chi connectivity index (χ0) is 15.8. The Morgan fingerprint density at radius 1 is 1.38 bits per heavy atom. The molecule has 0 fully saturated rings. The van der Waals surface area contributed by atoms with Crippen LogP contribution in [0.5, 0.6) is 5.75 Å². The molecule has 2 N–H and O–H groups in total. The van der Waals surface area contributed by atoms with Gasteiger partial charge < -0.3 is 15.4 Å². The van der Waals surface area contributed by atoms with E-state index >= 15 is 0 Å². The van der Waals surface area contributed by atoms with Gasteiger partial charge in [-0.2, -0.15) is 0 Å². The molecule has 0 saturated heterocycles. The summed E-state index contributed by atoms with van der Waals surface area (Å²) in [6.45, 7) is 8.77. The number of ether oxygens (including phenoxy) is 1. The van der Waals surface area contributed by atoms with Crippen LogP contribution in [0.4, 0.5) is 0 Å². The second kappa shape index (κ2) is 8.47. The van der Waals surface area contributed by atoms with Crippen LogP contribution in [0.15, 0.2) is 36.9 Å². The van der Waals surface area contributed by atoms with Gasteiger partial charge in [0.2, 0.25) is 5.91 Å². The zero-order valence-corrected chi connectivity index (χ0v) is 13.2. The van der Waals surface area contributed by atoms with Gasteiger partial charge in [-0.05, 0) is 30.0 Å². The quantitative estimate of drug-likeness (QED) is 0.749. The van der Waals surface area contributed by atoms with E-state index in [0.717, 1.165) is 11.3 Å². The summed E-state index contributed by atoms with van der Waals surface area (Å²) in [5.41, 5.74) is 6.98. The first-order chi connectivity index (χ1) is 9.93. The second-order valence-corrected chi connectivity index (χ2v) is 5.67. The average molecular weight is 290 g/mol. The molecule has 0 heterocycles. The van der Waals surface area contributed by atoms with Crippen LogP contribution in [0.1, 0.15) is 25.8 Å². The molecule has 0 bridgehead atoms. The van der Waals surface area contributed by atoms with Crippen LogP contribution >= 0.6 is 0 Å². The molecular weight excluding hydrogens is 264 g/mol. The molecule has 1 rings (SSSR count). The van der Waals surface area contributed by atoms with E-state index in [1.165, 1.54) is 0 Å². The molecule has 0 aliphatic heterocycles. The molecule has 4 heteroatoms. The SMILES string of the molecule is C=CCOc1ccc(CN(C)C(=O)C(N)CC(C)C)cc1. The van der Waals surface area contributed by atoms with Crippen LogP contribution in [0.2, 0.25) is 0 Å². The van der Waals surface area contributed by atoms with Gasteiger partial charge in [-0.3, -0.25) is 4.79 Å². The molecular formula is C17H26N2O2. The van der Waals surface area contributed by atoms with Crippen molar-refractivity contribution in [3.05, 3.63) is 42.5 Å². The molecule has 1 amide bonds. The lowest BCUT2D eigenvalue weighted by Gasteiger charge is -2.22. The fourth-order valence-corrected chi connectivity index (χ4v) is 2.09. The van der Waals surface area contributed by atoms with Gasteiger partial charge in [-0.15, -0.1) is 0 Å². The number of nitrogens with zero attached hydrogens (tertiary/aromatic N) is 1. The van der Waals surface area contributed by atoms with E-state index in [2.05, 4.69) is 20.4 Å². The summed E-state index contributed by atoms with van der Waals surface area (Å²) in [5.74, 6) is 1.19. The third-order valence-corrected chi connectivity index (χ3v) is 3.13. The van der Waals surface area contributed by atoms with Gasteiger partial charge >= 0.3 is 0 Å². The first kappa shape index (κ1) is 17.2. The van der Waals surface area contributed by atoms with Gasteiger partial charge in [0.15, 0.2) is 0 Å². The summed E-state index contributed by atoms with van der Waals surface area (Å²) in [6.07, 6.45) is 2.41. The highest BCUT2D eigenvalue weighted by Crippen LogP contribution is 2.14. The highest BCUT2D eigenvalue weighted by atomic mass is 16.5. The summed E-state index contributed by atoms with van der Waals surface area (Å²) in [5, 5.41) is 0. The lowest BCUT2D eigenvalue weighted by molar-refractivity contribution is -0.132. The largest absolute Gasteiger partial charge is 0.490 e. The Balaban J connectivity index is 2.55. The highest BCUT2D eigenvalue weighted by Gasteiger charge is 2.19. The molecule has 0 saturated carbocycles. The van der Waals surface area contributed by atoms with Crippen molar-refractivity contribution in [3.63, 3.8) is 0 Å². The minimum atomic E-state index is -0.426. The predicted molar refractivity (Wildman–Crippen MR) is 86.0 cm³/mol. The summed E-state index contributed by atoms with van der Waals surface area (Å²) in [6, 6.07) is 7.27. The number of hydrogen-bond acceptors (Lipinski definition) is 3. The van der Waals surface area contributed by atoms with Gasteiger partial charge in [-0.25, -0.2) is 0 Å². The van der Waals surface area contributed by atoms with Gasteiger partial charge in [0, 0.05) is 13.6 Å². The molecule has 21 heavy (non-hydrogen) atoms. The van der Waals surface area contributed by atoms with Crippen molar-refractivity contribution in [3.8, 4) is 5.75 Å². The van der Waals surface area contributed by atoms with Crippen molar-refractivity contribution in [2.45, 2.75) is 32.9 Å². The molecule has 0 spiro atoms. The van der Waals surface area contributed by atoms with Crippen molar-refractivity contribution in [2.75, 3.05) is 13.7 Å². The molecule has 1 aromatic rings. The van der Waals surface area contributed by atoms with E-state index in [1.54, 1.807) is 18.0 Å². The minimum absolute atomic E-state index is 0.0179. The van der Waals surface area contributed by atoms with Crippen molar-refractivity contribution < 1.29 is 9.53 Å². The van der Waals surface area contributed by atoms with E-state index < -0.39 is 6.04 Å². The number of nitrogens with two attached hydrogens (primary N) is 1. The van der Waals surface area contributed by atoms with Crippen LogP contribution in [-0.4, -0.2) is 30.5 Å². The number of rotatable bonds is 8. The Morgan fingerprint density at radius 2 is 2.00 bits per heavy atom. The van der Waals surface area contributed by atoms with E-state index in [-0.39, 0.29) is 5.91 Å². The van der Waals surface area contributed by atoms with Gasteiger partial charge in [0.1, 0.15) is 12.4 Å². The molecule has 4 nitrogen and oxygen atoms in total. The van der Waals surface area contributed by atoms with Crippen LogP contribution in [0, 0.1) is 5.92 Å². The summed E-state index contributed by atoms with van der Waals surface area (Å²) in [7, 11) is 1.78. The first-order valence-electron chi connectivity index (χ1n) is 7.27. The monoisotopic (exact) mass is 290 g/mol. The topological polar surface area (TPSA) is 55.6 Å². The lowest BCUT2D eigenvalue weighted by atomic mass is 10.0.